The number of ether oxygens (including phenoxy) is 1. The van der Waals surface area contributed by atoms with Gasteiger partial charge in [-0.05, 0) is 48.8 Å². The molecule has 3 rings (SSSR count). The number of aliphatic hydroxyl groups is 1. The summed E-state index contributed by atoms with van der Waals surface area (Å²) in [7, 11) is 1.64. The number of nitrogens with zero attached hydrogens (tertiary/aromatic N) is 1. The molecule has 1 saturated carbocycles. The molecule has 1 N–H and O–H groups in total. The Morgan fingerprint density at radius 1 is 1.45 bits per heavy atom. The average molecular weight is 303 g/mol. The maximum atomic E-state index is 12.7. The van der Waals surface area contributed by atoms with E-state index in [0.717, 1.165) is 43.5 Å². The lowest BCUT2D eigenvalue weighted by atomic mass is 9.71. The number of fused-ring (bicyclic) bond motifs is 1. The summed E-state index contributed by atoms with van der Waals surface area (Å²) in [5.74, 6) is 0.982. The summed E-state index contributed by atoms with van der Waals surface area (Å²) in [4.78, 5) is 14.8. The summed E-state index contributed by atoms with van der Waals surface area (Å²) >= 11 is 0. The molecule has 120 valence electrons. The molecule has 1 aliphatic carbocycles. The molecule has 0 spiro atoms. The molecule has 3 atom stereocenters. The van der Waals surface area contributed by atoms with E-state index in [2.05, 4.69) is 6.92 Å². The highest BCUT2D eigenvalue weighted by molar-refractivity contribution is 5.79. The van der Waals surface area contributed by atoms with E-state index in [1.165, 1.54) is 0 Å². The molecular weight excluding hydrogens is 278 g/mol. The Kier molecular flexibility index (Phi) is 4.13. The Labute approximate surface area is 132 Å². The predicted octanol–water partition coefficient (Wildman–Crippen LogP) is 2.39. The standard InChI is InChI=1S/C18H25NO3/c1-18-8-9-19(16(18)7-6-14(20)12-18)17(21)11-13-4-3-5-15(10-13)22-2/h3-5,10,14,16,20H,6-9,11-12H2,1-2H3/t14-,16-,18+/m1/s1. The number of benzene rings is 1. The van der Waals surface area contributed by atoms with Crippen molar-refractivity contribution < 1.29 is 14.6 Å². The molecular formula is C18H25NO3. The van der Waals surface area contributed by atoms with Crippen LogP contribution in [-0.2, 0) is 11.2 Å². The van der Waals surface area contributed by atoms with E-state index in [-0.39, 0.29) is 23.5 Å². The number of hydrogen-bond donors (Lipinski definition) is 1. The molecule has 22 heavy (non-hydrogen) atoms. The van der Waals surface area contributed by atoms with Gasteiger partial charge in [0.2, 0.25) is 5.91 Å². The van der Waals surface area contributed by atoms with Crippen molar-refractivity contribution in [3.8, 4) is 5.75 Å². The number of amides is 1. The predicted molar refractivity (Wildman–Crippen MR) is 84.8 cm³/mol. The van der Waals surface area contributed by atoms with Crippen molar-refractivity contribution >= 4 is 5.91 Å². The zero-order valence-electron chi connectivity index (χ0n) is 13.4. The molecule has 4 nitrogen and oxygen atoms in total. The molecule has 1 aromatic carbocycles. The number of aliphatic hydroxyl groups excluding tert-OH is 1. The van der Waals surface area contributed by atoms with Gasteiger partial charge in [0.15, 0.2) is 0 Å². The van der Waals surface area contributed by atoms with Crippen molar-refractivity contribution in [2.45, 2.75) is 51.2 Å². The number of rotatable bonds is 3. The topological polar surface area (TPSA) is 49.8 Å². The summed E-state index contributed by atoms with van der Waals surface area (Å²) in [6.45, 7) is 3.04. The quantitative estimate of drug-likeness (QED) is 0.933. The Morgan fingerprint density at radius 2 is 2.27 bits per heavy atom. The first-order valence-electron chi connectivity index (χ1n) is 8.12. The van der Waals surface area contributed by atoms with E-state index in [1.807, 2.05) is 29.2 Å². The van der Waals surface area contributed by atoms with Crippen LogP contribution in [0.3, 0.4) is 0 Å². The highest BCUT2D eigenvalue weighted by atomic mass is 16.5. The van der Waals surface area contributed by atoms with Crippen LogP contribution in [-0.4, -0.2) is 41.7 Å². The van der Waals surface area contributed by atoms with Crippen molar-refractivity contribution in [1.82, 2.24) is 4.90 Å². The van der Waals surface area contributed by atoms with Crippen LogP contribution in [0.15, 0.2) is 24.3 Å². The minimum atomic E-state index is -0.199. The molecule has 0 radical (unpaired) electrons. The molecule has 4 heteroatoms. The maximum Gasteiger partial charge on any atom is 0.227 e. The number of hydrogen-bond acceptors (Lipinski definition) is 3. The first kappa shape index (κ1) is 15.3. The van der Waals surface area contributed by atoms with Crippen molar-refractivity contribution in [1.29, 1.82) is 0 Å². The molecule has 1 amide bonds. The van der Waals surface area contributed by atoms with Gasteiger partial charge in [0.1, 0.15) is 5.75 Å². The smallest absolute Gasteiger partial charge is 0.227 e. The van der Waals surface area contributed by atoms with Crippen LogP contribution < -0.4 is 4.74 Å². The minimum absolute atomic E-state index is 0.0850. The fourth-order valence-corrected chi connectivity index (χ4v) is 4.16. The summed E-state index contributed by atoms with van der Waals surface area (Å²) in [5.41, 5.74) is 1.08. The lowest BCUT2D eigenvalue weighted by Gasteiger charge is -2.41. The van der Waals surface area contributed by atoms with Crippen molar-refractivity contribution in [3.05, 3.63) is 29.8 Å². The Balaban J connectivity index is 1.70. The second kappa shape index (κ2) is 5.92. The van der Waals surface area contributed by atoms with Gasteiger partial charge in [-0.1, -0.05) is 19.1 Å². The van der Waals surface area contributed by atoms with E-state index in [1.54, 1.807) is 7.11 Å². The zero-order chi connectivity index (χ0) is 15.7. The van der Waals surface area contributed by atoms with Gasteiger partial charge in [-0.25, -0.2) is 0 Å². The Hall–Kier alpha value is -1.55. The number of methoxy groups -OCH3 is 1. The Bertz CT molecular complexity index is 559. The lowest BCUT2D eigenvalue weighted by Crippen LogP contribution is -2.46. The summed E-state index contributed by atoms with van der Waals surface area (Å²) in [5, 5.41) is 9.92. The van der Waals surface area contributed by atoms with Gasteiger partial charge in [-0.2, -0.15) is 0 Å². The van der Waals surface area contributed by atoms with E-state index < -0.39 is 0 Å². The SMILES string of the molecule is COc1cccc(CC(=O)N2CC[C@@]3(C)C[C@H](O)CC[C@@H]23)c1. The molecule has 0 aromatic heterocycles. The second-order valence-electron chi connectivity index (χ2n) is 6.97. The van der Waals surface area contributed by atoms with Crippen LogP contribution in [0.2, 0.25) is 0 Å². The normalized spacial score (nSPS) is 31.0. The van der Waals surface area contributed by atoms with Gasteiger partial charge >= 0.3 is 0 Å². The zero-order valence-corrected chi connectivity index (χ0v) is 13.4. The maximum absolute atomic E-state index is 12.7. The van der Waals surface area contributed by atoms with Crippen LogP contribution in [0.4, 0.5) is 0 Å². The molecule has 2 aliphatic rings. The number of likely N-dealkylation sites (tertiary alicyclic amines) is 1. The molecule has 1 saturated heterocycles. The first-order chi connectivity index (χ1) is 10.5. The Morgan fingerprint density at radius 3 is 3.05 bits per heavy atom. The fraction of sp³-hybridized carbons (Fsp3) is 0.611. The summed E-state index contributed by atoms with van der Waals surface area (Å²) in [6.07, 6.45) is 3.77. The molecule has 1 aliphatic heterocycles. The van der Waals surface area contributed by atoms with Crippen LogP contribution in [0, 0.1) is 5.41 Å². The average Bonchev–Trinajstić information content (AvgIpc) is 2.83. The molecule has 1 heterocycles. The van der Waals surface area contributed by atoms with E-state index in [0.29, 0.717) is 6.42 Å². The molecule has 0 bridgehead atoms. The van der Waals surface area contributed by atoms with Crippen molar-refractivity contribution in [3.63, 3.8) is 0 Å². The minimum Gasteiger partial charge on any atom is -0.497 e. The fourth-order valence-electron chi connectivity index (χ4n) is 4.16. The van der Waals surface area contributed by atoms with Gasteiger partial charge in [0.25, 0.3) is 0 Å². The summed E-state index contributed by atoms with van der Waals surface area (Å²) in [6, 6.07) is 8.00. The van der Waals surface area contributed by atoms with Crippen molar-refractivity contribution in [2.24, 2.45) is 5.41 Å². The third-order valence-corrected chi connectivity index (χ3v) is 5.39. The van der Waals surface area contributed by atoms with Crippen LogP contribution in [0.5, 0.6) is 5.75 Å². The second-order valence-corrected chi connectivity index (χ2v) is 6.97. The van der Waals surface area contributed by atoms with Gasteiger partial charge in [-0.3, -0.25) is 4.79 Å². The van der Waals surface area contributed by atoms with E-state index in [9.17, 15) is 9.90 Å². The van der Waals surface area contributed by atoms with Crippen LogP contribution in [0.1, 0.15) is 38.2 Å². The molecule has 0 unspecified atom stereocenters. The highest BCUT2D eigenvalue weighted by Gasteiger charge is 2.48. The third-order valence-electron chi connectivity index (χ3n) is 5.39. The van der Waals surface area contributed by atoms with E-state index in [4.69, 9.17) is 4.74 Å². The number of carbonyl (C=O) groups is 1. The summed E-state index contributed by atoms with van der Waals surface area (Å²) < 4.78 is 5.22. The van der Waals surface area contributed by atoms with Crippen LogP contribution >= 0.6 is 0 Å². The van der Waals surface area contributed by atoms with Gasteiger partial charge in [-0.15, -0.1) is 0 Å². The molecule has 2 fully saturated rings. The molecule has 1 aromatic rings. The van der Waals surface area contributed by atoms with Gasteiger partial charge in [0, 0.05) is 12.6 Å². The highest BCUT2D eigenvalue weighted by Crippen LogP contribution is 2.46. The lowest BCUT2D eigenvalue weighted by molar-refractivity contribution is -0.133. The van der Waals surface area contributed by atoms with Crippen LogP contribution in [0.25, 0.3) is 0 Å². The van der Waals surface area contributed by atoms with E-state index >= 15 is 0 Å². The van der Waals surface area contributed by atoms with Crippen molar-refractivity contribution in [2.75, 3.05) is 13.7 Å². The van der Waals surface area contributed by atoms with Gasteiger partial charge < -0.3 is 14.7 Å². The third kappa shape index (κ3) is 2.84. The monoisotopic (exact) mass is 303 g/mol. The largest absolute Gasteiger partial charge is 0.497 e. The number of carbonyl (C=O) groups excluding carboxylic acids is 1. The first-order valence-corrected chi connectivity index (χ1v) is 8.12. The van der Waals surface area contributed by atoms with Gasteiger partial charge in [0.05, 0.1) is 19.6 Å².